The molecule has 23 heavy (non-hydrogen) atoms. The SMILES string of the molecule is O=C(CN1CCOC1=O)N1CCc2nc3ncccc3cc2C1. The largest absolute Gasteiger partial charge is 0.448 e. The fourth-order valence-corrected chi connectivity index (χ4v) is 3.01. The smallest absolute Gasteiger partial charge is 0.410 e. The molecule has 0 radical (unpaired) electrons. The van der Waals surface area contributed by atoms with Gasteiger partial charge in [0.1, 0.15) is 13.2 Å². The van der Waals surface area contributed by atoms with Crippen LogP contribution in [0.25, 0.3) is 11.0 Å². The van der Waals surface area contributed by atoms with Crippen LogP contribution in [0.2, 0.25) is 0 Å². The van der Waals surface area contributed by atoms with Crippen LogP contribution in [0.4, 0.5) is 4.79 Å². The van der Waals surface area contributed by atoms with Gasteiger partial charge in [-0.1, -0.05) is 0 Å². The highest BCUT2D eigenvalue weighted by molar-refractivity contribution is 5.83. The van der Waals surface area contributed by atoms with Gasteiger partial charge < -0.3 is 9.64 Å². The van der Waals surface area contributed by atoms with Crippen LogP contribution in [0.1, 0.15) is 11.3 Å². The molecular weight excluding hydrogens is 296 g/mol. The fourth-order valence-electron chi connectivity index (χ4n) is 3.01. The quantitative estimate of drug-likeness (QED) is 0.826. The molecule has 1 fully saturated rings. The molecule has 4 heterocycles. The van der Waals surface area contributed by atoms with Gasteiger partial charge in [0.2, 0.25) is 5.91 Å². The molecule has 0 atom stereocenters. The molecular formula is C16H16N4O3. The number of ether oxygens (including phenoxy) is 1. The molecule has 118 valence electrons. The maximum Gasteiger partial charge on any atom is 0.410 e. The summed E-state index contributed by atoms with van der Waals surface area (Å²) in [7, 11) is 0. The highest BCUT2D eigenvalue weighted by Gasteiger charge is 2.28. The molecule has 2 aromatic heterocycles. The molecule has 4 rings (SSSR count). The Hall–Kier alpha value is -2.70. The van der Waals surface area contributed by atoms with E-state index >= 15 is 0 Å². The zero-order valence-electron chi connectivity index (χ0n) is 12.6. The van der Waals surface area contributed by atoms with Gasteiger partial charge in [-0.2, -0.15) is 0 Å². The molecule has 7 nitrogen and oxygen atoms in total. The molecule has 0 spiro atoms. The zero-order chi connectivity index (χ0) is 15.8. The standard InChI is InChI=1S/C16H16N4O3/c21-14(10-20-6-7-23-16(20)22)19-5-3-13-12(9-19)8-11-2-1-4-17-15(11)18-13/h1-2,4,8H,3,5-7,9-10H2. The molecule has 0 saturated carbocycles. The summed E-state index contributed by atoms with van der Waals surface area (Å²) in [5, 5.41) is 0.976. The van der Waals surface area contributed by atoms with Crippen LogP contribution in [0, 0.1) is 0 Å². The topological polar surface area (TPSA) is 75.6 Å². The van der Waals surface area contributed by atoms with E-state index in [-0.39, 0.29) is 12.5 Å². The minimum Gasteiger partial charge on any atom is -0.448 e. The Labute approximate surface area is 132 Å². The number of rotatable bonds is 2. The van der Waals surface area contributed by atoms with Crippen molar-refractivity contribution < 1.29 is 14.3 Å². The Morgan fingerprint density at radius 3 is 3.09 bits per heavy atom. The molecule has 2 aliphatic rings. The molecule has 0 aromatic carbocycles. The van der Waals surface area contributed by atoms with Crippen molar-refractivity contribution in [2.75, 3.05) is 26.2 Å². The van der Waals surface area contributed by atoms with Gasteiger partial charge >= 0.3 is 6.09 Å². The monoisotopic (exact) mass is 312 g/mol. The van der Waals surface area contributed by atoms with Crippen LogP contribution < -0.4 is 0 Å². The number of carbonyl (C=O) groups excluding carboxylic acids is 2. The summed E-state index contributed by atoms with van der Waals surface area (Å²) in [6.07, 6.45) is 2.03. The van der Waals surface area contributed by atoms with E-state index in [0.717, 1.165) is 22.3 Å². The van der Waals surface area contributed by atoms with Crippen LogP contribution in [0.5, 0.6) is 0 Å². The maximum absolute atomic E-state index is 12.4. The number of nitrogens with zero attached hydrogens (tertiary/aromatic N) is 4. The fraction of sp³-hybridized carbons (Fsp3) is 0.375. The second-order valence-corrected chi connectivity index (χ2v) is 5.75. The van der Waals surface area contributed by atoms with Crippen molar-refractivity contribution in [3.05, 3.63) is 35.7 Å². The van der Waals surface area contributed by atoms with E-state index in [2.05, 4.69) is 9.97 Å². The van der Waals surface area contributed by atoms with Gasteiger partial charge in [-0.25, -0.2) is 14.8 Å². The predicted molar refractivity (Wildman–Crippen MR) is 81.6 cm³/mol. The Morgan fingerprint density at radius 1 is 1.35 bits per heavy atom. The number of aromatic nitrogens is 2. The van der Waals surface area contributed by atoms with Crippen molar-refractivity contribution in [3.8, 4) is 0 Å². The van der Waals surface area contributed by atoms with Gasteiger partial charge in [-0.15, -0.1) is 0 Å². The van der Waals surface area contributed by atoms with Gasteiger partial charge in [0.05, 0.1) is 6.54 Å². The Bertz CT molecular complexity index is 792. The Kier molecular flexibility index (Phi) is 3.33. The van der Waals surface area contributed by atoms with Gasteiger partial charge in [0.15, 0.2) is 5.65 Å². The lowest BCUT2D eigenvalue weighted by atomic mass is 10.0. The third-order valence-electron chi connectivity index (χ3n) is 4.26. The number of hydrogen-bond donors (Lipinski definition) is 0. The van der Waals surface area contributed by atoms with Gasteiger partial charge in [0, 0.05) is 36.8 Å². The minimum absolute atomic E-state index is 0.0548. The molecule has 2 aliphatic heterocycles. The molecule has 0 N–H and O–H groups in total. The summed E-state index contributed by atoms with van der Waals surface area (Å²) in [6.45, 7) is 2.05. The van der Waals surface area contributed by atoms with Crippen molar-refractivity contribution in [1.29, 1.82) is 0 Å². The van der Waals surface area contributed by atoms with Crippen LogP contribution in [-0.2, 0) is 22.5 Å². The van der Waals surface area contributed by atoms with Gasteiger partial charge in [-0.05, 0) is 23.8 Å². The number of carbonyl (C=O) groups is 2. The van der Waals surface area contributed by atoms with Crippen LogP contribution in [0.15, 0.2) is 24.4 Å². The summed E-state index contributed by atoms with van der Waals surface area (Å²) in [4.78, 5) is 36.0. The summed E-state index contributed by atoms with van der Waals surface area (Å²) in [5.74, 6) is -0.0548. The maximum atomic E-state index is 12.4. The first-order chi connectivity index (χ1) is 11.2. The Balaban J connectivity index is 1.52. The highest BCUT2D eigenvalue weighted by Crippen LogP contribution is 2.21. The normalized spacial score (nSPS) is 17.3. The minimum atomic E-state index is -0.408. The molecule has 2 amide bonds. The molecule has 0 aliphatic carbocycles. The molecule has 0 bridgehead atoms. The molecule has 0 unspecified atom stereocenters. The first kappa shape index (κ1) is 13.9. The average molecular weight is 312 g/mol. The zero-order valence-corrected chi connectivity index (χ0v) is 12.6. The number of amides is 2. The third kappa shape index (κ3) is 2.58. The second-order valence-electron chi connectivity index (χ2n) is 5.75. The van der Waals surface area contributed by atoms with Crippen molar-refractivity contribution >= 4 is 23.0 Å². The number of hydrogen-bond acceptors (Lipinski definition) is 5. The van der Waals surface area contributed by atoms with E-state index in [4.69, 9.17) is 4.74 Å². The van der Waals surface area contributed by atoms with Crippen LogP contribution >= 0.6 is 0 Å². The van der Waals surface area contributed by atoms with Gasteiger partial charge in [-0.3, -0.25) is 9.69 Å². The molecule has 1 saturated heterocycles. The number of cyclic esters (lactones) is 1. The third-order valence-corrected chi connectivity index (χ3v) is 4.26. The summed E-state index contributed by atoms with van der Waals surface area (Å²) < 4.78 is 4.86. The van der Waals surface area contributed by atoms with E-state index < -0.39 is 6.09 Å². The molecule has 7 heteroatoms. The second kappa shape index (κ2) is 5.49. The lowest BCUT2D eigenvalue weighted by Crippen LogP contribution is -2.43. The average Bonchev–Trinajstić information content (AvgIpc) is 2.97. The van der Waals surface area contributed by atoms with E-state index in [1.54, 1.807) is 11.1 Å². The van der Waals surface area contributed by atoms with Crippen LogP contribution in [-0.4, -0.2) is 58.0 Å². The summed E-state index contributed by atoms with van der Waals surface area (Å²) in [6, 6.07) is 5.89. The van der Waals surface area contributed by atoms with Gasteiger partial charge in [0.25, 0.3) is 0 Å². The predicted octanol–water partition coefficient (Wildman–Crippen LogP) is 0.967. The number of fused-ring (bicyclic) bond motifs is 2. The lowest BCUT2D eigenvalue weighted by Gasteiger charge is -2.29. The summed E-state index contributed by atoms with van der Waals surface area (Å²) >= 11 is 0. The van der Waals surface area contributed by atoms with Crippen molar-refractivity contribution in [2.24, 2.45) is 0 Å². The Morgan fingerprint density at radius 2 is 2.26 bits per heavy atom. The first-order valence-corrected chi connectivity index (χ1v) is 7.64. The van der Waals surface area contributed by atoms with E-state index in [1.165, 1.54) is 4.90 Å². The van der Waals surface area contributed by atoms with E-state index in [9.17, 15) is 9.59 Å². The van der Waals surface area contributed by atoms with Crippen molar-refractivity contribution in [1.82, 2.24) is 19.8 Å². The first-order valence-electron chi connectivity index (χ1n) is 7.64. The lowest BCUT2D eigenvalue weighted by molar-refractivity contribution is -0.132. The van der Waals surface area contributed by atoms with E-state index in [1.807, 2.05) is 18.2 Å². The van der Waals surface area contributed by atoms with E-state index in [0.29, 0.717) is 32.7 Å². The summed E-state index contributed by atoms with van der Waals surface area (Å²) in [5.41, 5.74) is 2.79. The number of pyridine rings is 2. The highest BCUT2D eigenvalue weighted by atomic mass is 16.6. The molecule has 2 aromatic rings. The van der Waals surface area contributed by atoms with Crippen LogP contribution in [0.3, 0.4) is 0 Å². The van der Waals surface area contributed by atoms with Crippen molar-refractivity contribution in [3.63, 3.8) is 0 Å². The van der Waals surface area contributed by atoms with Crippen molar-refractivity contribution in [2.45, 2.75) is 13.0 Å².